The Bertz CT molecular complexity index is 503. The Morgan fingerprint density at radius 2 is 2.17 bits per heavy atom. The van der Waals surface area contributed by atoms with Crippen molar-refractivity contribution in [2.45, 2.75) is 6.92 Å². The van der Waals surface area contributed by atoms with Crippen molar-refractivity contribution in [2.75, 3.05) is 11.9 Å². The lowest BCUT2D eigenvalue weighted by Crippen LogP contribution is -2.24. The molecular formula is C10H9BrN2O5. The summed E-state index contributed by atoms with van der Waals surface area (Å²) in [6.07, 6.45) is 0. The van der Waals surface area contributed by atoms with Gasteiger partial charge in [-0.2, -0.15) is 0 Å². The number of amides is 1. The molecule has 0 aliphatic rings. The highest BCUT2D eigenvalue weighted by Gasteiger charge is 2.17. The van der Waals surface area contributed by atoms with Crippen LogP contribution in [0.25, 0.3) is 0 Å². The van der Waals surface area contributed by atoms with Crippen LogP contribution in [0.15, 0.2) is 22.7 Å². The molecule has 1 amide bonds. The van der Waals surface area contributed by atoms with E-state index < -0.39 is 16.8 Å². The highest BCUT2D eigenvalue weighted by atomic mass is 79.9. The van der Waals surface area contributed by atoms with E-state index in [1.807, 2.05) is 0 Å². The number of rotatable bonds is 3. The van der Waals surface area contributed by atoms with E-state index >= 15 is 0 Å². The van der Waals surface area contributed by atoms with Crippen LogP contribution in [0.2, 0.25) is 0 Å². The smallest absolute Gasteiger partial charge is 0.397 e. The summed E-state index contributed by atoms with van der Waals surface area (Å²) in [5.41, 5.74) is -0.0698. The van der Waals surface area contributed by atoms with Gasteiger partial charge in [-0.25, -0.2) is 4.79 Å². The van der Waals surface area contributed by atoms with E-state index in [1.54, 1.807) is 6.92 Å². The number of benzene rings is 1. The van der Waals surface area contributed by atoms with Gasteiger partial charge in [0.1, 0.15) is 0 Å². The van der Waals surface area contributed by atoms with E-state index in [0.717, 1.165) is 6.07 Å². The summed E-state index contributed by atoms with van der Waals surface area (Å²) >= 11 is 3.01. The van der Waals surface area contributed by atoms with E-state index in [-0.39, 0.29) is 22.5 Å². The lowest BCUT2D eigenvalue weighted by molar-refractivity contribution is -0.385. The maximum Gasteiger partial charge on any atom is 0.397 e. The van der Waals surface area contributed by atoms with Crippen molar-refractivity contribution in [1.29, 1.82) is 0 Å². The minimum Gasteiger partial charge on any atom is -0.459 e. The average molecular weight is 317 g/mol. The van der Waals surface area contributed by atoms with Crippen molar-refractivity contribution in [1.82, 2.24) is 0 Å². The summed E-state index contributed by atoms with van der Waals surface area (Å²) in [4.78, 5) is 32.4. The third kappa shape index (κ3) is 3.52. The molecule has 0 heterocycles. The van der Waals surface area contributed by atoms with Crippen molar-refractivity contribution >= 4 is 39.2 Å². The fourth-order valence-electron chi connectivity index (χ4n) is 1.11. The van der Waals surface area contributed by atoms with Gasteiger partial charge in [0.2, 0.25) is 0 Å². The Morgan fingerprint density at radius 3 is 2.72 bits per heavy atom. The number of esters is 1. The summed E-state index contributed by atoms with van der Waals surface area (Å²) in [6.45, 7) is 1.64. The van der Waals surface area contributed by atoms with Gasteiger partial charge in [-0.15, -0.1) is 0 Å². The molecule has 0 radical (unpaired) electrons. The summed E-state index contributed by atoms with van der Waals surface area (Å²) in [6, 6.07) is 3.97. The van der Waals surface area contributed by atoms with Gasteiger partial charge in [-0.3, -0.25) is 14.9 Å². The number of nitro benzene ring substituents is 1. The highest BCUT2D eigenvalue weighted by molar-refractivity contribution is 9.10. The van der Waals surface area contributed by atoms with Crippen LogP contribution in [0.1, 0.15) is 6.92 Å². The predicted octanol–water partition coefficient (Wildman–Crippen LogP) is 1.86. The van der Waals surface area contributed by atoms with Gasteiger partial charge < -0.3 is 10.1 Å². The monoisotopic (exact) mass is 316 g/mol. The van der Waals surface area contributed by atoms with Gasteiger partial charge >= 0.3 is 11.9 Å². The Kier molecular flexibility index (Phi) is 4.78. The van der Waals surface area contributed by atoms with Gasteiger partial charge in [0, 0.05) is 11.8 Å². The Hall–Kier alpha value is -1.96. The molecule has 0 saturated carbocycles. The van der Waals surface area contributed by atoms with Crippen LogP contribution in [0, 0.1) is 10.1 Å². The maximum absolute atomic E-state index is 11.3. The Balaban J connectivity index is 2.86. The third-order valence-corrected chi connectivity index (χ3v) is 2.53. The normalized spacial score (nSPS) is 9.67. The Labute approximate surface area is 110 Å². The maximum atomic E-state index is 11.3. The van der Waals surface area contributed by atoms with Crippen LogP contribution >= 0.6 is 15.9 Å². The van der Waals surface area contributed by atoms with Crippen LogP contribution in [-0.2, 0) is 14.3 Å². The number of hydrogen-bond acceptors (Lipinski definition) is 5. The average Bonchev–Trinajstić information content (AvgIpc) is 2.31. The second-order valence-corrected chi connectivity index (χ2v) is 3.95. The number of nitrogens with one attached hydrogen (secondary N) is 1. The first kappa shape index (κ1) is 14.1. The summed E-state index contributed by atoms with van der Waals surface area (Å²) in [7, 11) is 0. The molecule has 96 valence electrons. The fourth-order valence-corrected chi connectivity index (χ4v) is 1.50. The number of nitrogens with zero attached hydrogens (tertiary/aromatic N) is 1. The summed E-state index contributed by atoms with van der Waals surface area (Å²) < 4.78 is 4.76. The molecule has 0 spiro atoms. The first-order valence-corrected chi connectivity index (χ1v) is 5.67. The third-order valence-electron chi connectivity index (χ3n) is 1.86. The van der Waals surface area contributed by atoms with E-state index in [2.05, 4.69) is 26.0 Å². The number of anilines is 1. The van der Waals surface area contributed by atoms with Crippen LogP contribution in [0.5, 0.6) is 0 Å². The van der Waals surface area contributed by atoms with Gasteiger partial charge in [0.05, 0.1) is 16.0 Å². The molecule has 0 unspecified atom stereocenters. The van der Waals surface area contributed by atoms with Crippen LogP contribution < -0.4 is 5.32 Å². The second kappa shape index (κ2) is 6.10. The lowest BCUT2D eigenvalue weighted by atomic mass is 10.3. The number of hydrogen-bond donors (Lipinski definition) is 1. The van der Waals surface area contributed by atoms with Gasteiger partial charge in [-0.05, 0) is 35.0 Å². The second-order valence-electron chi connectivity index (χ2n) is 3.10. The minimum absolute atomic E-state index is 0.0761. The molecule has 0 aliphatic carbocycles. The van der Waals surface area contributed by atoms with Crippen molar-refractivity contribution in [3.8, 4) is 0 Å². The first-order chi connectivity index (χ1) is 8.45. The molecule has 1 rings (SSSR count). The zero-order valence-electron chi connectivity index (χ0n) is 9.31. The molecular weight excluding hydrogens is 308 g/mol. The predicted molar refractivity (Wildman–Crippen MR) is 66.1 cm³/mol. The molecule has 0 atom stereocenters. The topological polar surface area (TPSA) is 98.5 Å². The van der Waals surface area contributed by atoms with E-state index in [9.17, 15) is 19.7 Å². The molecule has 0 bridgehead atoms. The largest absolute Gasteiger partial charge is 0.459 e. The molecule has 0 aromatic heterocycles. The molecule has 0 aliphatic heterocycles. The number of halogens is 1. The number of carbonyl (C=O) groups excluding carboxylic acids is 2. The van der Waals surface area contributed by atoms with Gasteiger partial charge in [0.25, 0.3) is 5.69 Å². The van der Waals surface area contributed by atoms with Crippen molar-refractivity contribution in [3.63, 3.8) is 0 Å². The molecule has 1 N–H and O–H groups in total. The number of nitro groups is 1. The summed E-state index contributed by atoms with van der Waals surface area (Å²) in [5, 5.41) is 12.9. The fraction of sp³-hybridized carbons (Fsp3) is 0.200. The van der Waals surface area contributed by atoms with Crippen LogP contribution in [-0.4, -0.2) is 23.4 Å². The molecule has 0 saturated heterocycles. The molecule has 8 heteroatoms. The quantitative estimate of drug-likeness (QED) is 0.397. The van der Waals surface area contributed by atoms with E-state index in [1.165, 1.54) is 12.1 Å². The standard InChI is InChI=1S/C10H9BrN2O5/c1-2-18-10(15)9(14)12-6-3-4-7(11)8(5-6)13(16)17/h3-5H,2H2,1H3,(H,12,14). The van der Waals surface area contributed by atoms with Crippen molar-refractivity contribution in [3.05, 3.63) is 32.8 Å². The minimum atomic E-state index is -1.04. The highest BCUT2D eigenvalue weighted by Crippen LogP contribution is 2.27. The van der Waals surface area contributed by atoms with Crippen LogP contribution in [0.4, 0.5) is 11.4 Å². The van der Waals surface area contributed by atoms with E-state index in [4.69, 9.17) is 0 Å². The molecule has 1 aromatic carbocycles. The number of ether oxygens (including phenoxy) is 1. The van der Waals surface area contributed by atoms with Gasteiger partial charge in [0.15, 0.2) is 0 Å². The summed E-state index contributed by atoms with van der Waals surface area (Å²) in [5.74, 6) is -2.02. The van der Waals surface area contributed by atoms with Crippen molar-refractivity contribution < 1.29 is 19.2 Å². The van der Waals surface area contributed by atoms with E-state index in [0.29, 0.717) is 0 Å². The number of carbonyl (C=O) groups is 2. The zero-order valence-corrected chi connectivity index (χ0v) is 10.9. The van der Waals surface area contributed by atoms with Crippen molar-refractivity contribution in [2.24, 2.45) is 0 Å². The SMILES string of the molecule is CCOC(=O)C(=O)Nc1ccc(Br)c([N+](=O)[O-])c1. The Morgan fingerprint density at radius 1 is 1.50 bits per heavy atom. The molecule has 1 aromatic rings. The lowest BCUT2D eigenvalue weighted by Gasteiger charge is -2.05. The first-order valence-electron chi connectivity index (χ1n) is 4.87. The van der Waals surface area contributed by atoms with Gasteiger partial charge in [-0.1, -0.05) is 0 Å². The molecule has 0 fully saturated rings. The molecule has 7 nitrogen and oxygen atoms in total. The zero-order chi connectivity index (χ0) is 13.7. The molecule has 18 heavy (non-hydrogen) atoms. The van der Waals surface area contributed by atoms with Crippen LogP contribution in [0.3, 0.4) is 0 Å².